The van der Waals surface area contributed by atoms with Crippen LogP contribution in [0.15, 0.2) is 24.3 Å². The zero-order valence-electron chi connectivity index (χ0n) is 23.2. The Labute approximate surface area is 245 Å². The van der Waals surface area contributed by atoms with E-state index in [1.165, 1.54) is 80.4 Å². The molecule has 0 amide bonds. The van der Waals surface area contributed by atoms with Crippen LogP contribution < -0.4 is 10.1 Å². The summed E-state index contributed by atoms with van der Waals surface area (Å²) in [6, 6.07) is 9.55. The van der Waals surface area contributed by atoms with Crippen LogP contribution in [0.5, 0.6) is 17.2 Å². The lowest BCUT2D eigenvalue weighted by Crippen LogP contribution is -2.46. The van der Waals surface area contributed by atoms with Crippen LogP contribution in [-0.2, 0) is 12.8 Å². The lowest BCUT2D eigenvalue weighted by Gasteiger charge is -2.45. The molecule has 5 nitrogen and oxygen atoms in total. The Morgan fingerprint density at radius 3 is 2.42 bits per heavy atom. The molecule has 2 aromatic rings. The Bertz CT molecular complexity index is 1080. The molecule has 0 aromatic heterocycles. The second-order valence-corrected chi connectivity index (χ2v) is 11.2. The van der Waals surface area contributed by atoms with Gasteiger partial charge in [0.15, 0.2) is 11.5 Å². The van der Waals surface area contributed by atoms with Gasteiger partial charge in [-0.15, -0.1) is 29.4 Å². The van der Waals surface area contributed by atoms with Crippen molar-refractivity contribution < 1.29 is 14.9 Å². The Hall–Kier alpha value is -1.47. The van der Waals surface area contributed by atoms with Crippen LogP contribution in [-0.4, -0.2) is 53.9 Å². The van der Waals surface area contributed by atoms with Crippen LogP contribution in [0.1, 0.15) is 91.5 Å². The number of hydrogen-bond acceptors (Lipinski definition) is 5. The van der Waals surface area contributed by atoms with Gasteiger partial charge in [-0.05, 0) is 125 Å². The molecule has 2 aliphatic heterocycles. The fourth-order valence-corrected chi connectivity index (χ4v) is 7.56. The van der Waals surface area contributed by atoms with Gasteiger partial charge in [-0.1, -0.05) is 25.1 Å². The number of phenols is 2. The van der Waals surface area contributed by atoms with Crippen molar-refractivity contribution in [3.63, 3.8) is 0 Å². The number of fused-ring (bicyclic) bond motifs is 6. The van der Waals surface area contributed by atoms with Crippen molar-refractivity contribution in [2.75, 3.05) is 26.7 Å². The number of aromatic hydroxyl groups is 2. The summed E-state index contributed by atoms with van der Waals surface area (Å²) >= 11 is 0. The summed E-state index contributed by atoms with van der Waals surface area (Å²) in [5.74, 6) is 2.52. The minimum absolute atomic E-state index is 0. The van der Waals surface area contributed by atoms with Crippen molar-refractivity contribution in [3.05, 3.63) is 52.1 Å². The summed E-state index contributed by atoms with van der Waals surface area (Å²) in [6.45, 7) is 7.98. The molecule has 2 fully saturated rings. The topological polar surface area (TPSA) is 65.0 Å². The standard InChI is InChI=1S/C16H23NO2.C15H21NO.BrH.ClH/c1-2-9-17-10-3-4-12-11-6-8-15(18)16(19)13(11)5-7-14(12)17;1-10-5-6-11-12-4-3-9-16-14(12)8-7-13(11)15(10)17-2;;/h6,8,12,14,18-19H,2-5,7,9-10H2,1H3;5-6,12,14,16H,3-4,7-9H2,1-2H3;2*1H/t2*12-,14-;;/m11../s1. The summed E-state index contributed by atoms with van der Waals surface area (Å²) in [5.41, 5.74) is 6.54. The molecule has 2 aliphatic carbocycles. The van der Waals surface area contributed by atoms with E-state index in [4.69, 9.17) is 4.74 Å². The number of methoxy groups -OCH3 is 1. The van der Waals surface area contributed by atoms with Crippen molar-refractivity contribution in [1.82, 2.24) is 10.2 Å². The lowest BCUT2D eigenvalue weighted by atomic mass is 9.74. The number of halogens is 2. The second-order valence-electron chi connectivity index (χ2n) is 11.2. The van der Waals surface area contributed by atoms with Crippen LogP contribution in [0.25, 0.3) is 0 Å². The molecule has 212 valence electrons. The van der Waals surface area contributed by atoms with Gasteiger partial charge in [0.1, 0.15) is 5.75 Å². The van der Waals surface area contributed by atoms with Gasteiger partial charge < -0.3 is 20.3 Å². The third-order valence-electron chi connectivity index (χ3n) is 9.18. The highest BCUT2D eigenvalue weighted by Gasteiger charge is 2.37. The van der Waals surface area contributed by atoms with E-state index in [1.807, 2.05) is 6.07 Å². The lowest BCUT2D eigenvalue weighted by molar-refractivity contribution is 0.112. The van der Waals surface area contributed by atoms with Gasteiger partial charge in [0.25, 0.3) is 0 Å². The summed E-state index contributed by atoms with van der Waals surface area (Å²) < 4.78 is 5.60. The molecule has 6 rings (SSSR count). The number of nitrogens with one attached hydrogen (secondary N) is 1. The number of ether oxygens (including phenoxy) is 1. The van der Waals surface area contributed by atoms with E-state index in [-0.39, 0.29) is 40.9 Å². The summed E-state index contributed by atoms with van der Waals surface area (Å²) in [7, 11) is 1.80. The maximum Gasteiger partial charge on any atom is 0.160 e. The van der Waals surface area contributed by atoms with E-state index in [9.17, 15) is 10.2 Å². The van der Waals surface area contributed by atoms with Gasteiger partial charge >= 0.3 is 0 Å². The van der Waals surface area contributed by atoms with E-state index < -0.39 is 0 Å². The summed E-state index contributed by atoms with van der Waals surface area (Å²) in [4.78, 5) is 2.63. The van der Waals surface area contributed by atoms with Gasteiger partial charge in [0, 0.05) is 17.6 Å². The number of hydrogen-bond donors (Lipinski definition) is 3. The first-order valence-corrected chi connectivity index (χ1v) is 14.2. The largest absolute Gasteiger partial charge is 0.504 e. The first-order chi connectivity index (χ1) is 17.5. The first-order valence-electron chi connectivity index (χ1n) is 14.2. The fraction of sp³-hybridized carbons (Fsp3) is 0.613. The quantitative estimate of drug-likeness (QED) is 0.335. The van der Waals surface area contributed by atoms with Crippen LogP contribution in [0.3, 0.4) is 0 Å². The van der Waals surface area contributed by atoms with Gasteiger partial charge in [-0.2, -0.15) is 0 Å². The van der Waals surface area contributed by atoms with Crippen molar-refractivity contribution in [3.8, 4) is 17.2 Å². The smallest absolute Gasteiger partial charge is 0.160 e. The van der Waals surface area contributed by atoms with Crippen molar-refractivity contribution in [1.29, 1.82) is 0 Å². The van der Waals surface area contributed by atoms with Gasteiger partial charge in [-0.3, -0.25) is 4.90 Å². The molecule has 3 N–H and O–H groups in total. The maximum absolute atomic E-state index is 10.0. The molecule has 0 saturated carbocycles. The molecule has 4 atom stereocenters. The normalized spacial score (nSPS) is 25.6. The molecule has 2 saturated heterocycles. The Balaban J connectivity index is 0.000000201. The highest BCUT2D eigenvalue weighted by atomic mass is 79.9. The molecular formula is C31H46BrClN2O3. The molecule has 38 heavy (non-hydrogen) atoms. The van der Waals surface area contributed by atoms with Crippen LogP contribution in [0, 0.1) is 6.92 Å². The molecule has 2 aromatic carbocycles. The Morgan fingerprint density at radius 1 is 0.947 bits per heavy atom. The second kappa shape index (κ2) is 13.7. The number of aryl methyl sites for hydroxylation is 1. The third-order valence-corrected chi connectivity index (χ3v) is 9.18. The van der Waals surface area contributed by atoms with E-state index in [0.29, 0.717) is 23.9 Å². The molecule has 0 bridgehead atoms. The Kier molecular flexibility index (Phi) is 11.2. The summed E-state index contributed by atoms with van der Waals surface area (Å²) in [6.07, 6.45) is 10.7. The zero-order chi connectivity index (χ0) is 25.2. The molecule has 7 heteroatoms. The first kappa shape index (κ1) is 31.1. The number of piperidine rings is 2. The SMILES string of the molecule is Br.CCCN1CCC[C@@H]2c3ccc(O)c(O)c3CC[C@H]21.COc1c(C)ccc2c1CC[C@H]1NCCC[C@H]21.Cl. The molecule has 2 heterocycles. The minimum atomic E-state index is 0. The third kappa shape index (κ3) is 5.99. The van der Waals surface area contributed by atoms with E-state index in [2.05, 4.69) is 36.2 Å². The predicted octanol–water partition coefficient (Wildman–Crippen LogP) is 6.79. The monoisotopic (exact) mass is 608 g/mol. The number of likely N-dealkylation sites (tertiary alicyclic amines) is 1. The number of benzene rings is 2. The van der Waals surface area contributed by atoms with Gasteiger partial charge in [0.05, 0.1) is 7.11 Å². The average Bonchev–Trinajstić information content (AvgIpc) is 2.91. The highest BCUT2D eigenvalue weighted by Crippen LogP contribution is 2.46. The van der Waals surface area contributed by atoms with Crippen LogP contribution in [0.4, 0.5) is 0 Å². The molecule has 0 spiro atoms. The zero-order valence-corrected chi connectivity index (χ0v) is 25.7. The highest BCUT2D eigenvalue weighted by molar-refractivity contribution is 8.93. The van der Waals surface area contributed by atoms with Crippen molar-refractivity contribution in [2.24, 2.45) is 0 Å². The number of phenolic OH excluding ortho intramolecular Hbond substituents is 2. The summed E-state index contributed by atoms with van der Waals surface area (Å²) in [5, 5.41) is 23.4. The average molecular weight is 610 g/mol. The minimum Gasteiger partial charge on any atom is -0.504 e. The Morgan fingerprint density at radius 2 is 1.66 bits per heavy atom. The maximum atomic E-state index is 10.0. The van der Waals surface area contributed by atoms with E-state index in [1.54, 1.807) is 13.2 Å². The molecule has 0 radical (unpaired) electrons. The van der Waals surface area contributed by atoms with Crippen LogP contribution in [0.2, 0.25) is 0 Å². The van der Waals surface area contributed by atoms with Crippen molar-refractivity contribution >= 4 is 29.4 Å². The molecular weight excluding hydrogens is 564 g/mol. The van der Waals surface area contributed by atoms with Crippen LogP contribution >= 0.6 is 29.4 Å². The van der Waals surface area contributed by atoms with Gasteiger partial charge in [-0.25, -0.2) is 0 Å². The van der Waals surface area contributed by atoms with E-state index >= 15 is 0 Å². The predicted molar refractivity (Wildman–Crippen MR) is 163 cm³/mol. The number of rotatable bonds is 3. The molecule has 0 unspecified atom stereocenters. The fourth-order valence-electron chi connectivity index (χ4n) is 7.56. The number of nitrogens with zero attached hydrogens (tertiary/aromatic N) is 1. The van der Waals surface area contributed by atoms with Crippen molar-refractivity contribution in [2.45, 2.75) is 95.6 Å². The van der Waals surface area contributed by atoms with E-state index in [0.717, 1.165) is 30.6 Å². The van der Waals surface area contributed by atoms with Gasteiger partial charge in [0.2, 0.25) is 0 Å². The molecule has 4 aliphatic rings.